The zero-order valence-electron chi connectivity index (χ0n) is 10.5. The van der Waals surface area contributed by atoms with Gasteiger partial charge in [-0.25, -0.2) is 0 Å². The molecule has 0 saturated heterocycles. The summed E-state index contributed by atoms with van der Waals surface area (Å²) in [6.07, 6.45) is 4.72. The molecule has 0 radical (unpaired) electrons. The molecule has 2 rings (SSSR count). The van der Waals surface area contributed by atoms with E-state index >= 15 is 0 Å². The lowest BCUT2D eigenvalue weighted by atomic mass is 9.65. The van der Waals surface area contributed by atoms with Crippen LogP contribution in [0.3, 0.4) is 0 Å². The van der Waals surface area contributed by atoms with Crippen LogP contribution < -0.4 is 5.73 Å². The van der Waals surface area contributed by atoms with E-state index < -0.39 is 0 Å². The third-order valence-electron chi connectivity index (χ3n) is 4.07. The summed E-state index contributed by atoms with van der Waals surface area (Å²) in [6.45, 7) is 2.72. The Morgan fingerprint density at radius 1 is 1.35 bits per heavy atom. The fourth-order valence-electron chi connectivity index (χ4n) is 2.63. The van der Waals surface area contributed by atoms with Gasteiger partial charge in [0.15, 0.2) is 0 Å². The van der Waals surface area contributed by atoms with Crippen molar-refractivity contribution in [3.8, 4) is 0 Å². The van der Waals surface area contributed by atoms with Crippen molar-refractivity contribution in [3.05, 3.63) is 35.4 Å². The molecule has 0 unspecified atom stereocenters. The van der Waals surface area contributed by atoms with E-state index in [1.807, 2.05) is 18.2 Å². The zero-order valence-corrected chi connectivity index (χ0v) is 10.5. The van der Waals surface area contributed by atoms with E-state index in [1.165, 1.54) is 12.0 Å². The van der Waals surface area contributed by atoms with Gasteiger partial charge in [-0.3, -0.25) is 4.79 Å². The SMILES string of the molecule is Cc1ccccc1CC(=O)CC1(CN)CCC1. The average Bonchev–Trinajstić information content (AvgIpc) is 2.27. The second-order valence-electron chi connectivity index (χ2n) is 5.38. The van der Waals surface area contributed by atoms with Crippen LogP contribution in [0.2, 0.25) is 0 Å². The maximum atomic E-state index is 12.1. The highest BCUT2D eigenvalue weighted by Crippen LogP contribution is 2.43. The lowest BCUT2D eigenvalue weighted by Gasteiger charge is -2.40. The van der Waals surface area contributed by atoms with Gasteiger partial charge in [-0.15, -0.1) is 0 Å². The van der Waals surface area contributed by atoms with Crippen molar-refractivity contribution in [1.82, 2.24) is 0 Å². The van der Waals surface area contributed by atoms with Crippen molar-refractivity contribution in [3.63, 3.8) is 0 Å². The summed E-state index contributed by atoms with van der Waals surface area (Å²) >= 11 is 0. The van der Waals surface area contributed by atoms with E-state index in [0.717, 1.165) is 18.4 Å². The smallest absolute Gasteiger partial charge is 0.137 e. The number of hydrogen-bond acceptors (Lipinski definition) is 2. The molecule has 0 heterocycles. The summed E-state index contributed by atoms with van der Waals surface area (Å²) in [5.74, 6) is 0.337. The minimum absolute atomic E-state index is 0.139. The minimum atomic E-state index is 0.139. The number of rotatable bonds is 5. The number of carbonyl (C=O) groups excluding carboxylic acids is 1. The fraction of sp³-hybridized carbons (Fsp3) is 0.533. The van der Waals surface area contributed by atoms with Crippen LogP contribution in [-0.4, -0.2) is 12.3 Å². The fourth-order valence-corrected chi connectivity index (χ4v) is 2.63. The molecule has 2 N–H and O–H groups in total. The molecule has 2 heteroatoms. The molecule has 1 aromatic carbocycles. The van der Waals surface area contributed by atoms with E-state index in [-0.39, 0.29) is 5.41 Å². The highest BCUT2D eigenvalue weighted by molar-refractivity contribution is 5.82. The van der Waals surface area contributed by atoms with Crippen LogP contribution in [0.4, 0.5) is 0 Å². The Labute approximate surface area is 103 Å². The molecular formula is C15H21NO. The summed E-state index contributed by atoms with van der Waals surface area (Å²) in [5.41, 5.74) is 8.29. The molecule has 92 valence electrons. The molecule has 1 aromatic rings. The van der Waals surface area contributed by atoms with E-state index in [4.69, 9.17) is 5.73 Å². The first-order chi connectivity index (χ1) is 8.15. The molecule has 1 aliphatic carbocycles. The van der Waals surface area contributed by atoms with Crippen molar-refractivity contribution in [2.75, 3.05) is 6.54 Å². The molecule has 1 fully saturated rings. The molecular weight excluding hydrogens is 210 g/mol. The highest BCUT2D eigenvalue weighted by Gasteiger charge is 2.37. The molecule has 0 amide bonds. The molecule has 1 saturated carbocycles. The summed E-state index contributed by atoms with van der Waals surface area (Å²) in [4.78, 5) is 12.1. The largest absolute Gasteiger partial charge is 0.330 e. The number of ketones is 1. The third kappa shape index (κ3) is 2.75. The maximum absolute atomic E-state index is 12.1. The summed E-state index contributed by atoms with van der Waals surface area (Å²) in [7, 11) is 0. The van der Waals surface area contributed by atoms with E-state index in [1.54, 1.807) is 0 Å². The Morgan fingerprint density at radius 3 is 2.59 bits per heavy atom. The van der Waals surface area contributed by atoms with Crippen LogP contribution in [0, 0.1) is 12.3 Å². The van der Waals surface area contributed by atoms with Gasteiger partial charge < -0.3 is 5.73 Å². The standard InChI is InChI=1S/C15H21NO/c1-12-5-2-3-6-13(12)9-14(17)10-15(11-16)7-4-8-15/h2-3,5-6H,4,7-11,16H2,1H3. The van der Waals surface area contributed by atoms with Gasteiger partial charge in [0.05, 0.1) is 0 Å². The topological polar surface area (TPSA) is 43.1 Å². The van der Waals surface area contributed by atoms with Crippen LogP contribution >= 0.6 is 0 Å². The second kappa shape index (κ2) is 5.01. The van der Waals surface area contributed by atoms with Crippen molar-refractivity contribution < 1.29 is 4.79 Å². The first-order valence-electron chi connectivity index (χ1n) is 6.41. The Hall–Kier alpha value is -1.15. The quantitative estimate of drug-likeness (QED) is 0.846. The molecule has 2 nitrogen and oxygen atoms in total. The Morgan fingerprint density at radius 2 is 2.06 bits per heavy atom. The van der Waals surface area contributed by atoms with Gasteiger partial charge in [0.25, 0.3) is 0 Å². The monoisotopic (exact) mass is 231 g/mol. The van der Waals surface area contributed by atoms with Gasteiger partial charge in [0.2, 0.25) is 0 Å². The second-order valence-corrected chi connectivity index (χ2v) is 5.38. The molecule has 0 atom stereocenters. The summed E-state index contributed by atoms with van der Waals surface area (Å²) in [6, 6.07) is 8.11. The summed E-state index contributed by atoms with van der Waals surface area (Å²) < 4.78 is 0. The minimum Gasteiger partial charge on any atom is -0.330 e. The van der Waals surface area contributed by atoms with Crippen molar-refractivity contribution in [2.24, 2.45) is 11.1 Å². The van der Waals surface area contributed by atoms with Gasteiger partial charge in [-0.05, 0) is 42.9 Å². The van der Waals surface area contributed by atoms with Crippen LogP contribution in [0.25, 0.3) is 0 Å². The lowest BCUT2D eigenvalue weighted by Crippen LogP contribution is -2.39. The van der Waals surface area contributed by atoms with E-state index in [9.17, 15) is 4.79 Å². The number of Topliss-reactive ketones (excluding diaryl/α,β-unsaturated/α-hetero) is 1. The Balaban J connectivity index is 1.96. The molecule has 0 aromatic heterocycles. The average molecular weight is 231 g/mol. The third-order valence-corrected chi connectivity index (χ3v) is 4.07. The zero-order chi connectivity index (χ0) is 12.3. The first-order valence-corrected chi connectivity index (χ1v) is 6.41. The predicted octanol–water partition coefficient (Wildman–Crippen LogP) is 2.63. The summed E-state index contributed by atoms with van der Waals surface area (Å²) in [5, 5.41) is 0. The number of hydrogen-bond donors (Lipinski definition) is 1. The van der Waals surface area contributed by atoms with Gasteiger partial charge in [0.1, 0.15) is 5.78 Å². The first kappa shape index (κ1) is 12.3. The van der Waals surface area contributed by atoms with Crippen molar-refractivity contribution in [2.45, 2.75) is 39.0 Å². The van der Waals surface area contributed by atoms with Gasteiger partial charge in [-0.2, -0.15) is 0 Å². The molecule has 17 heavy (non-hydrogen) atoms. The highest BCUT2D eigenvalue weighted by atomic mass is 16.1. The lowest BCUT2D eigenvalue weighted by molar-refractivity contribution is -0.122. The van der Waals surface area contributed by atoms with Crippen LogP contribution in [-0.2, 0) is 11.2 Å². The number of aryl methyl sites for hydroxylation is 1. The Kier molecular flexibility index (Phi) is 3.63. The molecule has 0 spiro atoms. The van der Waals surface area contributed by atoms with Crippen molar-refractivity contribution >= 4 is 5.78 Å². The van der Waals surface area contributed by atoms with Gasteiger partial charge in [0, 0.05) is 12.8 Å². The van der Waals surface area contributed by atoms with Gasteiger partial charge >= 0.3 is 0 Å². The number of nitrogens with two attached hydrogens (primary N) is 1. The number of benzene rings is 1. The maximum Gasteiger partial charge on any atom is 0.137 e. The van der Waals surface area contributed by atoms with Crippen LogP contribution in [0.5, 0.6) is 0 Å². The van der Waals surface area contributed by atoms with Crippen LogP contribution in [0.15, 0.2) is 24.3 Å². The van der Waals surface area contributed by atoms with E-state index in [0.29, 0.717) is 25.2 Å². The normalized spacial score (nSPS) is 17.5. The van der Waals surface area contributed by atoms with Crippen LogP contribution in [0.1, 0.15) is 36.8 Å². The number of carbonyl (C=O) groups is 1. The Bertz CT molecular complexity index is 402. The van der Waals surface area contributed by atoms with Gasteiger partial charge in [-0.1, -0.05) is 30.7 Å². The van der Waals surface area contributed by atoms with E-state index in [2.05, 4.69) is 13.0 Å². The molecule has 0 aliphatic heterocycles. The molecule has 0 bridgehead atoms. The predicted molar refractivity (Wildman–Crippen MR) is 69.8 cm³/mol. The van der Waals surface area contributed by atoms with Crippen molar-refractivity contribution in [1.29, 1.82) is 0 Å². The molecule has 1 aliphatic rings.